The highest BCUT2D eigenvalue weighted by atomic mass is 32.2. The Morgan fingerprint density at radius 2 is 1.59 bits per heavy atom. The summed E-state index contributed by atoms with van der Waals surface area (Å²) in [4.78, 5) is 79.2. The highest BCUT2D eigenvalue weighted by Crippen LogP contribution is 2.39. The molecule has 3 aliphatic rings. The lowest BCUT2D eigenvalue weighted by molar-refractivity contribution is -0.139. The molecule has 25 heteroatoms. The van der Waals surface area contributed by atoms with Gasteiger partial charge in [0.1, 0.15) is 51.2 Å². The lowest BCUT2D eigenvalue weighted by Gasteiger charge is -2.38. The number of halogens is 1. The Kier molecular flexibility index (Phi) is 21.8. The van der Waals surface area contributed by atoms with Crippen LogP contribution in [-0.2, 0) is 19.4 Å². The molecule has 81 heavy (non-hydrogen) atoms. The molecule has 3 saturated heterocycles. The second-order valence-electron chi connectivity index (χ2n) is 21.7. The van der Waals surface area contributed by atoms with Crippen LogP contribution in [0.15, 0.2) is 71.3 Å². The Bertz CT molecular complexity index is 3270. The fourth-order valence-electron chi connectivity index (χ4n) is 10.4. The zero-order valence-corrected chi connectivity index (χ0v) is 51.4. The molecule has 0 saturated carbocycles. The average molecular weight is 1210 g/mol. The number of carbonyl (C=O) groups excluding carboxylic acids is 4. The molecule has 2 aromatic carbocycles. The third-order valence-electron chi connectivity index (χ3n) is 15.6. The fraction of sp³-hybridized carbons (Fsp3) is 0.482. The van der Waals surface area contributed by atoms with Gasteiger partial charge < -0.3 is 35.4 Å². The van der Waals surface area contributed by atoms with Crippen LogP contribution in [-0.4, -0.2) is 135 Å². The van der Waals surface area contributed by atoms with E-state index in [4.69, 9.17) is 9.72 Å². The largest absolute Gasteiger partial charge is 0.492 e. The fourth-order valence-corrected chi connectivity index (χ4v) is 12.7. The number of nitrogens with one attached hydrogen (secondary N) is 4. The number of ketones is 1. The number of hydrogen-bond acceptors (Lipinski definition) is 16. The Morgan fingerprint density at radius 1 is 0.889 bits per heavy atom. The number of rotatable bonds is 18. The molecule has 7 heterocycles. The third-order valence-corrected chi connectivity index (χ3v) is 19.1. The second kappa shape index (κ2) is 27.5. The number of aromatic nitrogens is 6. The summed E-state index contributed by atoms with van der Waals surface area (Å²) in [5.41, 5.74) is 3.41. The van der Waals surface area contributed by atoms with Crippen molar-refractivity contribution in [2.24, 2.45) is 11.8 Å². The summed E-state index contributed by atoms with van der Waals surface area (Å²) >= 11 is 1.31. The molecule has 9 rings (SSSR count). The zero-order chi connectivity index (χ0) is 55.5. The molecule has 6 aromatic rings. The summed E-state index contributed by atoms with van der Waals surface area (Å²) in [7, 11) is -2.14. The maximum atomic E-state index is 14.6. The van der Waals surface area contributed by atoms with Crippen LogP contribution in [0.3, 0.4) is 0 Å². The van der Waals surface area contributed by atoms with Crippen molar-refractivity contribution in [3.05, 3.63) is 105 Å². The van der Waals surface area contributed by atoms with Gasteiger partial charge in [0.2, 0.25) is 17.6 Å². The number of ether oxygens (including phenoxy) is 1. The summed E-state index contributed by atoms with van der Waals surface area (Å²) in [5.74, 6) is 0.895. The molecule has 0 aliphatic carbocycles. The number of anilines is 3. The summed E-state index contributed by atoms with van der Waals surface area (Å²) in [6.45, 7) is 13.8. The first-order valence-corrected chi connectivity index (χ1v) is 29.2. The number of aryl methyl sites for hydroxylation is 1. The van der Waals surface area contributed by atoms with E-state index >= 15 is 0 Å². The van der Waals surface area contributed by atoms with E-state index in [1.54, 1.807) is 68.3 Å². The minimum atomic E-state index is -3.83. The topological polar surface area (TPSA) is 238 Å². The van der Waals surface area contributed by atoms with Crippen molar-refractivity contribution in [2.45, 2.75) is 121 Å². The number of benzene rings is 2. The zero-order valence-electron chi connectivity index (χ0n) is 46.8. The van der Waals surface area contributed by atoms with Crippen LogP contribution in [0.1, 0.15) is 128 Å². The van der Waals surface area contributed by atoms with E-state index in [2.05, 4.69) is 46.0 Å². The van der Waals surface area contributed by atoms with Gasteiger partial charge in [0.25, 0.3) is 5.91 Å². The minimum absolute atomic E-state index is 0. The van der Waals surface area contributed by atoms with Gasteiger partial charge in [-0.05, 0) is 154 Å². The number of likely N-dealkylation sites (tertiary alicyclic amines) is 2. The minimum Gasteiger partial charge on any atom is -0.492 e. The van der Waals surface area contributed by atoms with Gasteiger partial charge in [-0.2, -0.15) is 45.6 Å². The monoisotopic (exact) mass is 1210 g/mol. The number of pyridine rings is 1. The van der Waals surface area contributed by atoms with Crippen LogP contribution in [0.4, 0.5) is 21.8 Å². The maximum Gasteiger partial charge on any atom is 0.255 e. The molecule has 4 N–H and O–H groups in total. The van der Waals surface area contributed by atoms with Crippen LogP contribution in [0.5, 0.6) is 5.75 Å². The van der Waals surface area contributed by atoms with Crippen LogP contribution < -0.4 is 25.6 Å². The van der Waals surface area contributed by atoms with E-state index in [1.807, 2.05) is 26.0 Å². The van der Waals surface area contributed by atoms with Crippen LogP contribution in [0.25, 0.3) is 10.9 Å². The molecule has 0 radical (unpaired) electrons. The molecule has 0 unspecified atom stereocenters. The molecule has 3 amide bonds. The smallest absolute Gasteiger partial charge is 0.255 e. The van der Waals surface area contributed by atoms with Gasteiger partial charge in [0.05, 0.1) is 34.5 Å². The van der Waals surface area contributed by atoms with Gasteiger partial charge in [-0.1, -0.05) is 0 Å². The quantitative estimate of drug-likeness (QED) is 0.0468. The standard InChI is InChI=1S/C56H69FN12O7S2.3H2S/c1-33-34(2)65-66-50(33)64-51-41-28-46(78(74,75)56(4,5)6)45(29-42(41)60-32-61-51)76-27-9-10-36-18-23-67(24-19-36)47-17-14-39(30-59-47)54(72)68-25-20-37(21-26-68)48(63-52(71)35(3)58-7)55(73)69-22-8-11-44(69)53-62-43(31-77-53)49(70)38-12-15-40(57)16-13-38;;;/h12-17,28-32,35-37,44,48,58H,8-11,18-27H2,1-7H3,(H,63,71)(H2,60,61,64,65,66);3*1H2/t35-,44-,48-;;;/m0.../s1. The molecule has 0 spiro atoms. The van der Waals surface area contributed by atoms with Gasteiger partial charge in [-0.25, -0.2) is 32.7 Å². The van der Waals surface area contributed by atoms with Crippen molar-refractivity contribution in [1.82, 2.24) is 50.6 Å². The Morgan fingerprint density at radius 3 is 2.23 bits per heavy atom. The second-order valence-corrected chi connectivity index (χ2v) is 25.2. The third kappa shape index (κ3) is 14.3. The normalized spacial score (nSPS) is 16.9. The number of sulfone groups is 1. The number of piperidine rings is 2. The highest BCUT2D eigenvalue weighted by Gasteiger charge is 2.42. The van der Waals surface area contributed by atoms with Crippen molar-refractivity contribution >= 4 is 114 Å². The van der Waals surface area contributed by atoms with E-state index in [1.165, 1.54) is 41.9 Å². The SMILES string of the molecule is CN[C@@H](C)C(=O)N[C@H](C(=O)N1CCC[C@H]1c1nc(C(=O)c2ccc(F)cc2)cs1)C1CCN(C(=O)c2ccc(N3CCC(CCCOc4cc5ncnc(Nc6n[nH]c(C)c6C)c5cc4S(=O)(=O)C(C)(C)C)CC3)nc2)CC1.S.S.S. The van der Waals surface area contributed by atoms with Gasteiger partial charge in [-0.15, -0.1) is 11.3 Å². The number of likely N-dealkylation sites (N-methyl/N-ethyl adjacent to an activating group) is 1. The molecule has 3 fully saturated rings. The van der Waals surface area contributed by atoms with Gasteiger partial charge >= 0.3 is 0 Å². The van der Waals surface area contributed by atoms with Crippen LogP contribution >= 0.6 is 51.8 Å². The van der Waals surface area contributed by atoms with Crippen molar-refractivity contribution < 1.29 is 36.7 Å². The Hall–Kier alpha value is -5.86. The van der Waals surface area contributed by atoms with Gasteiger partial charge in [0, 0.05) is 72.6 Å². The van der Waals surface area contributed by atoms with Crippen molar-refractivity contribution in [2.75, 3.05) is 56.6 Å². The van der Waals surface area contributed by atoms with Crippen LogP contribution in [0, 0.1) is 31.5 Å². The molecule has 3 atom stereocenters. The maximum absolute atomic E-state index is 14.6. The van der Waals surface area contributed by atoms with E-state index in [-0.39, 0.29) is 92.3 Å². The van der Waals surface area contributed by atoms with Crippen molar-refractivity contribution in [3.63, 3.8) is 0 Å². The predicted molar refractivity (Wildman–Crippen MR) is 328 cm³/mol. The number of fused-ring (bicyclic) bond motifs is 1. The van der Waals surface area contributed by atoms with Crippen molar-refractivity contribution in [3.8, 4) is 5.75 Å². The summed E-state index contributed by atoms with van der Waals surface area (Å²) in [6.07, 6.45) is 8.99. The molecular weight excluding hydrogens is 1130 g/mol. The van der Waals surface area contributed by atoms with Crippen LogP contribution in [0.2, 0.25) is 0 Å². The van der Waals surface area contributed by atoms with E-state index < -0.39 is 32.5 Å². The lowest BCUT2D eigenvalue weighted by atomic mass is 9.87. The number of hydrogen-bond donors (Lipinski definition) is 4. The first-order chi connectivity index (χ1) is 37.3. The number of carbonyl (C=O) groups is 4. The molecular formula is C56H75FN12O7S5. The summed E-state index contributed by atoms with van der Waals surface area (Å²) in [5, 5.41) is 19.4. The number of thiazole rings is 1. The number of aromatic amines is 1. The predicted octanol–water partition coefficient (Wildman–Crippen LogP) is 8.23. The highest BCUT2D eigenvalue weighted by molar-refractivity contribution is 7.92. The van der Waals surface area contributed by atoms with E-state index in [0.29, 0.717) is 90.1 Å². The van der Waals surface area contributed by atoms with Crippen molar-refractivity contribution in [1.29, 1.82) is 0 Å². The first kappa shape index (κ1) is 64.3. The van der Waals surface area contributed by atoms with Gasteiger partial charge in [-0.3, -0.25) is 24.3 Å². The lowest BCUT2D eigenvalue weighted by Crippen LogP contribution is -2.57. The average Bonchev–Trinajstić information content (AvgIpc) is 4.24. The summed E-state index contributed by atoms with van der Waals surface area (Å²) in [6, 6.07) is 10.6. The molecule has 19 nitrogen and oxygen atoms in total. The molecule has 438 valence electrons. The Balaban J connectivity index is 0.00000352. The van der Waals surface area contributed by atoms with Gasteiger partial charge in [0.15, 0.2) is 15.7 Å². The van der Waals surface area contributed by atoms with E-state index in [0.717, 1.165) is 62.3 Å². The number of nitrogens with zero attached hydrogens (tertiary/aromatic N) is 8. The molecule has 0 bridgehead atoms. The molecule has 3 aliphatic heterocycles. The first-order valence-electron chi connectivity index (χ1n) is 26.8. The number of amides is 3. The summed E-state index contributed by atoms with van der Waals surface area (Å²) < 4.78 is 46.7. The van der Waals surface area contributed by atoms with E-state index in [9.17, 15) is 32.0 Å². The number of H-pyrrole nitrogens is 1. The molecule has 4 aromatic heterocycles. The Labute approximate surface area is 498 Å².